The third-order valence-corrected chi connectivity index (χ3v) is 16.8. The van der Waals surface area contributed by atoms with Crippen LogP contribution in [0, 0.1) is 0 Å². The van der Waals surface area contributed by atoms with Crippen LogP contribution in [0.4, 0.5) is 28.4 Å². The second kappa shape index (κ2) is 14.5. The Labute approximate surface area is 411 Å². The van der Waals surface area contributed by atoms with Gasteiger partial charge in [0.2, 0.25) is 0 Å². The number of hydrogen-bond donors (Lipinski definition) is 0. The number of furan rings is 1. The molecule has 3 aliphatic rings. The van der Waals surface area contributed by atoms with Gasteiger partial charge in [-0.1, -0.05) is 191 Å². The van der Waals surface area contributed by atoms with Crippen molar-refractivity contribution in [1.29, 1.82) is 0 Å². The maximum absolute atomic E-state index is 7.25. The van der Waals surface area contributed by atoms with Crippen molar-refractivity contribution in [2.24, 2.45) is 0 Å². The molecule has 0 saturated carbocycles. The molecule has 0 saturated heterocycles. The highest BCUT2D eigenvalue weighted by Crippen LogP contribution is 2.61. The summed E-state index contributed by atoms with van der Waals surface area (Å²) in [6, 6.07) is 81.9. The first-order valence-electron chi connectivity index (χ1n) is 24.4. The lowest BCUT2D eigenvalue weighted by molar-refractivity contribution is 0.590. The molecular formula is C65H45BN2OS. The number of nitrogens with zero attached hydrogens (tertiary/aromatic N) is 2. The molecular weight excluding hydrogens is 868 g/mol. The van der Waals surface area contributed by atoms with Crippen LogP contribution >= 0.6 is 11.3 Å². The van der Waals surface area contributed by atoms with Gasteiger partial charge in [-0.15, -0.1) is 11.3 Å². The molecule has 15 rings (SSSR count). The summed E-state index contributed by atoms with van der Waals surface area (Å²) in [5.74, 6) is 0. The fourth-order valence-electron chi connectivity index (χ4n) is 12.6. The Balaban J connectivity index is 1.15. The lowest BCUT2D eigenvalue weighted by Gasteiger charge is -2.53. The fraction of sp³-hybridized carbons (Fsp3) is 0.0769. The van der Waals surface area contributed by atoms with E-state index in [4.69, 9.17) is 4.42 Å². The van der Waals surface area contributed by atoms with E-state index in [9.17, 15) is 0 Å². The number of rotatable bonds is 4. The highest BCUT2D eigenvalue weighted by molar-refractivity contribution is 7.26. The Morgan fingerprint density at radius 2 is 1.14 bits per heavy atom. The maximum Gasteiger partial charge on any atom is 0.333 e. The summed E-state index contributed by atoms with van der Waals surface area (Å²) in [5.41, 5.74) is 20.6. The average molecular weight is 913 g/mol. The molecule has 330 valence electrons. The summed E-state index contributed by atoms with van der Waals surface area (Å²) < 4.78 is 9.83. The summed E-state index contributed by atoms with van der Waals surface area (Å²) in [4.78, 5) is 5.34. The SMILES string of the molecule is CC(C)(C)c1ccc(N2c3cc4c(cc3B3c5c2cc2c(oc6ccccc62)c5-c2cccc5c2N3c2ccccc2C5(c2ccccc2)c2ccccc2)sc2ccccc24)c(-c2ccccc2)c1. The molecule has 0 radical (unpaired) electrons. The Hall–Kier alpha value is -8.12. The van der Waals surface area contributed by atoms with Crippen molar-refractivity contribution in [3.8, 4) is 22.3 Å². The molecule has 3 nitrogen and oxygen atoms in total. The minimum Gasteiger partial charge on any atom is -0.455 e. The van der Waals surface area contributed by atoms with Crippen LogP contribution in [-0.4, -0.2) is 6.85 Å². The number of fused-ring (bicyclic) bond motifs is 13. The number of benzene rings is 10. The van der Waals surface area contributed by atoms with Crippen molar-refractivity contribution in [3.63, 3.8) is 0 Å². The molecule has 12 aromatic rings. The van der Waals surface area contributed by atoms with Crippen LogP contribution in [0.25, 0.3) is 64.4 Å². The van der Waals surface area contributed by atoms with Gasteiger partial charge in [-0.2, -0.15) is 0 Å². The number of hydrogen-bond acceptors (Lipinski definition) is 4. The van der Waals surface area contributed by atoms with Gasteiger partial charge in [-0.05, 0) is 98.3 Å². The second-order valence-electron chi connectivity index (χ2n) is 20.3. The van der Waals surface area contributed by atoms with Gasteiger partial charge in [0, 0.05) is 70.4 Å². The molecule has 0 atom stereocenters. The van der Waals surface area contributed by atoms with E-state index < -0.39 is 5.41 Å². The highest BCUT2D eigenvalue weighted by atomic mass is 32.1. The van der Waals surface area contributed by atoms with Crippen LogP contribution in [0.15, 0.2) is 223 Å². The minimum absolute atomic E-state index is 0.0553. The molecule has 0 spiro atoms. The molecule has 0 bridgehead atoms. The summed E-state index contributed by atoms with van der Waals surface area (Å²) in [6.45, 7) is 6.74. The number of anilines is 5. The lowest BCUT2D eigenvalue weighted by Crippen LogP contribution is -2.63. The van der Waals surface area contributed by atoms with E-state index in [0.717, 1.165) is 33.2 Å². The Morgan fingerprint density at radius 3 is 1.91 bits per heavy atom. The first-order valence-corrected chi connectivity index (χ1v) is 25.3. The molecule has 0 N–H and O–H groups in total. The number of thiophene rings is 1. The van der Waals surface area contributed by atoms with E-state index >= 15 is 0 Å². The van der Waals surface area contributed by atoms with Crippen LogP contribution in [0.5, 0.6) is 0 Å². The molecule has 3 aliphatic heterocycles. The summed E-state index contributed by atoms with van der Waals surface area (Å²) in [5, 5.41) is 4.80. The highest BCUT2D eigenvalue weighted by Gasteiger charge is 2.54. The van der Waals surface area contributed by atoms with Gasteiger partial charge < -0.3 is 14.1 Å². The fourth-order valence-corrected chi connectivity index (χ4v) is 13.8. The van der Waals surface area contributed by atoms with Crippen LogP contribution in [-0.2, 0) is 10.8 Å². The smallest absolute Gasteiger partial charge is 0.333 e. The van der Waals surface area contributed by atoms with E-state index in [0.29, 0.717) is 0 Å². The van der Waals surface area contributed by atoms with E-state index in [2.05, 4.69) is 249 Å². The normalized spacial score (nSPS) is 14.2. The van der Waals surface area contributed by atoms with Crippen molar-refractivity contribution in [2.45, 2.75) is 31.6 Å². The lowest BCUT2D eigenvalue weighted by atomic mass is 9.42. The predicted octanol–water partition coefficient (Wildman–Crippen LogP) is 16.3. The zero-order valence-electron chi connectivity index (χ0n) is 39.1. The Kier molecular flexibility index (Phi) is 8.23. The topological polar surface area (TPSA) is 19.6 Å². The van der Waals surface area contributed by atoms with E-state index in [1.54, 1.807) is 0 Å². The van der Waals surface area contributed by atoms with Crippen molar-refractivity contribution in [1.82, 2.24) is 0 Å². The standard InChI is InChI=1S/C65H45BN2OS/c1-64(2,3)43-34-35-53(47(36-43)40-20-7-4-8-21-40)67-55-37-48-45-27-14-18-33-58(45)70-59(48)39-52(55)66-61-56(67)38-49-44-26-13-17-32-57(44)69-63(49)60(61)46-28-19-30-51-62(46)68(66)54-31-16-15-29-50(54)65(51,41-22-9-5-10-23-41)42-24-11-6-12-25-42/h4-39H,1-3H3. The molecule has 70 heavy (non-hydrogen) atoms. The molecule has 5 heterocycles. The molecule has 10 aromatic carbocycles. The molecule has 0 fully saturated rings. The zero-order valence-corrected chi connectivity index (χ0v) is 39.9. The summed E-state index contributed by atoms with van der Waals surface area (Å²) >= 11 is 1.89. The van der Waals surface area contributed by atoms with Gasteiger partial charge in [0.05, 0.1) is 11.1 Å². The van der Waals surface area contributed by atoms with E-state index in [-0.39, 0.29) is 12.3 Å². The van der Waals surface area contributed by atoms with Crippen LogP contribution in [0.1, 0.15) is 48.6 Å². The van der Waals surface area contributed by atoms with Gasteiger partial charge in [-0.3, -0.25) is 0 Å². The third kappa shape index (κ3) is 5.30. The van der Waals surface area contributed by atoms with Gasteiger partial charge in [0.25, 0.3) is 0 Å². The number of para-hydroxylation sites is 3. The van der Waals surface area contributed by atoms with Crippen LogP contribution in [0.2, 0.25) is 0 Å². The van der Waals surface area contributed by atoms with Crippen LogP contribution in [0.3, 0.4) is 0 Å². The minimum atomic E-state index is -0.624. The third-order valence-electron chi connectivity index (χ3n) is 15.6. The zero-order chi connectivity index (χ0) is 46.5. The van der Waals surface area contributed by atoms with Crippen LogP contribution < -0.4 is 20.6 Å². The van der Waals surface area contributed by atoms with Gasteiger partial charge in [0.15, 0.2) is 0 Å². The van der Waals surface area contributed by atoms with Crippen molar-refractivity contribution >= 4 is 99.7 Å². The Bertz CT molecular complexity index is 4090. The monoisotopic (exact) mass is 912 g/mol. The van der Waals surface area contributed by atoms with Gasteiger partial charge in [0.1, 0.15) is 11.2 Å². The molecule has 0 unspecified atom stereocenters. The summed E-state index contributed by atoms with van der Waals surface area (Å²) in [6.07, 6.45) is 0. The predicted molar refractivity (Wildman–Crippen MR) is 296 cm³/mol. The van der Waals surface area contributed by atoms with Gasteiger partial charge in [-0.25, -0.2) is 0 Å². The van der Waals surface area contributed by atoms with Crippen molar-refractivity contribution in [2.75, 3.05) is 9.71 Å². The molecule has 0 amide bonds. The largest absolute Gasteiger partial charge is 0.455 e. The molecule has 5 heteroatoms. The molecule has 0 aliphatic carbocycles. The quantitative estimate of drug-likeness (QED) is 0.164. The first kappa shape index (κ1) is 39.8. The Morgan fingerprint density at radius 1 is 0.486 bits per heavy atom. The second-order valence-corrected chi connectivity index (χ2v) is 21.4. The first-order chi connectivity index (χ1) is 34.4. The maximum atomic E-state index is 7.25. The molecule has 2 aromatic heterocycles. The van der Waals surface area contributed by atoms with E-state index in [1.807, 2.05) is 11.3 Å². The van der Waals surface area contributed by atoms with Gasteiger partial charge >= 0.3 is 6.85 Å². The average Bonchev–Trinajstić information content (AvgIpc) is 3.97. The van der Waals surface area contributed by atoms with E-state index in [1.165, 1.54) is 98.4 Å². The van der Waals surface area contributed by atoms with Crippen molar-refractivity contribution in [3.05, 3.63) is 246 Å². The summed E-state index contributed by atoms with van der Waals surface area (Å²) in [7, 11) is 0. The van der Waals surface area contributed by atoms with Crippen molar-refractivity contribution < 1.29 is 4.42 Å².